The Bertz CT molecular complexity index is 387. The van der Waals surface area contributed by atoms with E-state index >= 15 is 0 Å². The molecule has 4 heteroatoms. The quantitative estimate of drug-likeness (QED) is 0.841. The van der Waals surface area contributed by atoms with E-state index in [9.17, 15) is 0 Å². The highest BCUT2D eigenvalue weighted by Crippen LogP contribution is 2.37. The van der Waals surface area contributed by atoms with Gasteiger partial charge in [0.2, 0.25) is 0 Å². The highest BCUT2D eigenvalue weighted by Gasteiger charge is 2.32. The van der Waals surface area contributed by atoms with Crippen LogP contribution in [0.2, 0.25) is 4.34 Å². The van der Waals surface area contributed by atoms with Gasteiger partial charge in [0.1, 0.15) is 0 Å². The molecule has 19 heavy (non-hydrogen) atoms. The molecule has 0 bridgehead atoms. The maximum atomic E-state index is 6.42. The van der Waals surface area contributed by atoms with Gasteiger partial charge in [-0.05, 0) is 37.9 Å². The van der Waals surface area contributed by atoms with Gasteiger partial charge in [0.05, 0.1) is 10.4 Å². The van der Waals surface area contributed by atoms with E-state index in [0.717, 1.165) is 17.3 Å². The maximum Gasteiger partial charge on any atom is 0.0931 e. The van der Waals surface area contributed by atoms with Crippen molar-refractivity contribution in [2.45, 2.75) is 64.1 Å². The molecule has 2 rings (SSSR count). The number of nitrogens with zero attached hydrogens (tertiary/aromatic N) is 1. The molecule has 0 spiro atoms. The lowest BCUT2D eigenvalue weighted by Crippen LogP contribution is -2.44. The second kappa shape index (κ2) is 7.07. The summed E-state index contributed by atoms with van der Waals surface area (Å²) >= 11 is 7.80. The van der Waals surface area contributed by atoms with Crippen molar-refractivity contribution in [2.75, 3.05) is 6.54 Å². The van der Waals surface area contributed by atoms with E-state index in [4.69, 9.17) is 17.3 Å². The third-order valence-electron chi connectivity index (χ3n) is 4.28. The predicted molar refractivity (Wildman–Crippen MR) is 85.0 cm³/mol. The maximum absolute atomic E-state index is 6.42. The standard InChI is InChI=1S/C15H25ClN2S/c1-3-12(17)15(13-9-10-14(16)19-13)18(4-2)11-7-5-6-8-11/h9-12,15H,3-8,17H2,1-2H3. The first-order valence-corrected chi connectivity index (χ1v) is 8.63. The SMILES string of the molecule is CCC(N)C(c1ccc(Cl)s1)N(CC)C1CCCC1. The van der Waals surface area contributed by atoms with E-state index in [1.807, 2.05) is 6.07 Å². The lowest BCUT2D eigenvalue weighted by molar-refractivity contribution is 0.124. The molecule has 108 valence electrons. The van der Waals surface area contributed by atoms with Crippen molar-refractivity contribution in [3.63, 3.8) is 0 Å². The molecule has 0 radical (unpaired) electrons. The van der Waals surface area contributed by atoms with Crippen LogP contribution in [0.25, 0.3) is 0 Å². The fourth-order valence-electron chi connectivity index (χ4n) is 3.25. The first-order chi connectivity index (χ1) is 9.17. The zero-order valence-corrected chi connectivity index (χ0v) is 13.5. The zero-order valence-electron chi connectivity index (χ0n) is 11.9. The Balaban J connectivity index is 2.24. The predicted octanol–water partition coefficient (Wildman–Crippen LogP) is 4.44. The van der Waals surface area contributed by atoms with Gasteiger partial charge in [0, 0.05) is 17.0 Å². The van der Waals surface area contributed by atoms with E-state index in [2.05, 4.69) is 24.8 Å². The minimum atomic E-state index is 0.190. The van der Waals surface area contributed by atoms with Gasteiger partial charge in [-0.25, -0.2) is 0 Å². The molecular weight excluding hydrogens is 276 g/mol. The molecule has 2 N–H and O–H groups in total. The lowest BCUT2D eigenvalue weighted by Gasteiger charge is -2.38. The molecule has 2 nitrogen and oxygen atoms in total. The number of hydrogen-bond acceptors (Lipinski definition) is 3. The largest absolute Gasteiger partial charge is 0.326 e. The summed E-state index contributed by atoms with van der Waals surface area (Å²) in [6.07, 6.45) is 6.37. The molecule has 1 aliphatic rings. The molecule has 1 aliphatic carbocycles. The monoisotopic (exact) mass is 300 g/mol. The molecule has 1 aromatic rings. The first-order valence-electron chi connectivity index (χ1n) is 7.43. The van der Waals surface area contributed by atoms with Crippen LogP contribution < -0.4 is 5.73 Å². The number of likely N-dealkylation sites (N-methyl/N-ethyl adjacent to an activating group) is 1. The third-order valence-corrected chi connectivity index (χ3v) is 5.58. The topological polar surface area (TPSA) is 29.3 Å². The van der Waals surface area contributed by atoms with Crippen LogP contribution >= 0.6 is 22.9 Å². The van der Waals surface area contributed by atoms with Crippen LogP contribution in [-0.4, -0.2) is 23.5 Å². The number of halogens is 1. The van der Waals surface area contributed by atoms with E-state index < -0.39 is 0 Å². The Morgan fingerprint density at radius 1 is 1.37 bits per heavy atom. The van der Waals surface area contributed by atoms with Crippen LogP contribution in [0.15, 0.2) is 12.1 Å². The van der Waals surface area contributed by atoms with E-state index in [0.29, 0.717) is 12.1 Å². The summed E-state index contributed by atoms with van der Waals surface area (Å²) in [6.45, 7) is 5.50. The molecule has 1 aromatic heterocycles. The highest BCUT2D eigenvalue weighted by atomic mass is 35.5. The average molecular weight is 301 g/mol. The van der Waals surface area contributed by atoms with E-state index in [-0.39, 0.29) is 6.04 Å². The van der Waals surface area contributed by atoms with Crippen molar-refractivity contribution < 1.29 is 0 Å². The fourth-order valence-corrected chi connectivity index (χ4v) is 4.51. The van der Waals surface area contributed by atoms with Crippen LogP contribution in [-0.2, 0) is 0 Å². The summed E-state index contributed by atoms with van der Waals surface area (Å²) in [7, 11) is 0. The van der Waals surface area contributed by atoms with Crippen LogP contribution in [0, 0.1) is 0 Å². The number of hydrogen-bond donors (Lipinski definition) is 1. The minimum absolute atomic E-state index is 0.190. The van der Waals surface area contributed by atoms with Crippen molar-refractivity contribution in [2.24, 2.45) is 5.73 Å². The average Bonchev–Trinajstić information content (AvgIpc) is 3.06. The van der Waals surface area contributed by atoms with Gasteiger partial charge in [-0.1, -0.05) is 38.3 Å². The zero-order chi connectivity index (χ0) is 13.8. The van der Waals surface area contributed by atoms with Gasteiger partial charge < -0.3 is 5.73 Å². The van der Waals surface area contributed by atoms with Crippen molar-refractivity contribution in [3.8, 4) is 0 Å². The molecule has 1 saturated carbocycles. The van der Waals surface area contributed by atoms with E-state index in [1.54, 1.807) is 11.3 Å². The van der Waals surface area contributed by atoms with Crippen LogP contribution in [0.3, 0.4) is 0 Å². The van der Waals surface area contributed by atoms with Crippen LogP contribution in [0.1, 0.15) is 56.9 Å². The number of thiophene rings is 1. The Morgan fingerprint density at radius 3 is 2.53 bits per heavy atom. The van der Waals surface area contributed by atoms with Gasteiger partial charge in [0.15, 0.2) is 0 Å². The van der Waals surface area contributed by atoms with Gasteiger partial charge in [-0.2, -0.15) is 0 Å². The Morgan fingerprint density at radius 2 is 2.05 bits per heavy atom. The molecule has 1 heterocycles. The first kappa shape index (κ1) is 15.3. The Labute approximate surface area is 125 Å². The van der Waals surface area contributed by atoms with Crippen molar-refractivity contribution in [1.82, 2.24) is 4.90 Å². The second-order valence-electron chi connectivity index (χ2n) is 5.43. The summed E-state index contributed by atoms with van der Waals surface area (Å²) in [5.74, 6) is 0. The van der Waals surface area contributed by atoms with Gasteiger partial charge in [-0.3, -0.25) is 4.90 Å². The summed E-state index contributed by atoms with van der Waals surface area (Å²) in [6, 6.07) is 5.38. The van der Waals surface area contributed by atoms with Gasteiger partial charge >= 0.3 is 0 Å². The summed E-state index contributed by atoms with van der Waals surface area (Å²) < 4.78 is 0.866. The van der Waals surface area contributed by atoms with E-state index in [1.165, 1.54) is 30.6 Å². The smallest absolute Gasteiger partial charge is 0.0931 e. The molecular formula is C15H25ClN2S. The molecule has 0 aromatic carbocycles. The fraction of sp³-hybridized carbons (Fsp3) is 0.733. The van der Waals surface area contributed by atoms with Crippen molar-refractivity contribution in [1.29, 1.82) is 0 Å². The van der Waals surface area contributed by atoms with Crippen LogP contribution in [0.5, 0.6) is 0 Å². The van der Waals surface area contributed by atoms with Crippen LogP contribution in [0.4, 0.5) is 0 Å². The Hall–Kier alpha value is -0.0900. The highest BCUT2D eigenvalue weighted by molar-refractivity contribution is 7.16. The molecule has 1 fully saturated rings. The van der Waals surface area contributed by atoms with Gasteiger partial charge in [0.25, 0.3) is 0 Å². The number of rotatable bonds is 6. The van der Waals surface area contributed by atoms with Crippen molar-refractivity contribution >= 4 is 22.9 Å². The molecule has 0 aliphatic heterocycles. The van der Waals surface area contributed by atoms with Crippen molar-refractivity contribution in [3.05, 3.63) is 21.3 Å². The number of nitrogens with two attached hydrogens (primary N) is 1. The summed E-state index contributed by atoms with van der Waals surface area (Å²) in [4.78, 5) is 3.94. The summed E-state index contributed by atoms with van der Waals surface area (Å²) in [5, 5.41) is 0. The summed E-state index contributed by atoms with van der Waals surface area (Å²) in [5.41, 5.74) is 6.42. The molecule has 0 saturated heterocycles. The minimum Gasteiger partial charge on any atom is -0.326 e. The Kier molecular flexibility index (Phi) is 5.70. The molecule has 2 atom stereocenters. The second-order valence-corrected chi connectivity index (χ2v) is 7.17. The molecule has 2 unspecified atom stereocenters. The normalized spacial score (nSPS) is 20.1. The lowest BCUT2D eigenvalue weighted by atomic mass is 10.0. The van der Waals surface area contributed by atoms with Gasteiger partial charge in [-0.15, -0.1) is 11.3 Å². The molecule has 0 amide bonds. The third kappa shape index (κ3) is 3.52.